The lowest BCUT2D eigenvalue weighted by Gasteiger charge is -2.23. The lowest BCUT2D eigenvalue weighted by Crippen LogP contribution is -2.37. The number of hydrogen-bond donors (Lipinski definition) is 2. The number of para-hydroxylation sites is 1. The van der Waals surface area contributed by atoms with Crippen LogP contribution in [0.5, 0.6) is 0 Å². The maximum atomic E-state index is 12.2. The molecule has 0 unspecified atom stereocenters. The molecule has 1 saturated heterocycles. The van der Waals surface area contributed by atoms with E-state index in [1.165, 1.54) is 0 Å². The molecule has 1 aliphatic carbocycles. The summed E-state index contributed by atoms with van der Waals surface area (Å²) in [5.74, 6) is -0.839. The highest BCUT2D eigenvalue weighted by molar-refractivity contribution is 6.39. The summed E-state index contributed by atoms with van der Waals surface area (Å²) in [5.41, 5.74) is -0.282. The predicted molar refractivity (Wildman–Crippen MR) is 96.2 cm³/mol. The number of anilines is 1. The molecule has 2 aliphatic rings. The van der Waals surface area contributed by atoms with Gasteiger partial charge >= 0.3 is 5.97 Å². The fourth-order valence-electron chi connectivity index (χ4n) is 3.86. The molecular weight excluding hydrogens is 375 g/mol. The van der Waals surface area contributed by atoms with Crippen LogP contribution in [0, 0.1) is 11.3 Å². The Labute approximate surface area is 156 Å². The largest absolute Gasteiger partial charge is 0.481 e. The van der Waals surface area contributed by atoms with Crippen molar-refractivity contribution in [2.75, 3.05) is 25.0 Å². The zero-order valence-electron chi connectivity index (χ0n) is 12.9. The van der Waals surface area contributed by atoms with Crippen LogP contribution in [0.1, 0.15) is 19.3 Å². The molecule has 132 valence electrons. The van der Waals surface area contributed by atoms with Gasteiger partial charge in [0, 0.05) is 13.1 Å². The molecule has 1 aliphatic heterocycles. The number of aliphatic carboxylic acids is 1. The fourth-order valence-corrected chi connectivity index (χ4v) is 4.35. The zero-order valence-corrected chi connectivity index (χ0v) is 15.3. The van der Waals surface area contributed by atoms with Gasteiger partial charge in [-0.25, -0.2) is 0 Å². The van der Waals surface area contributed by atoms with Crippen LogP contribution in [0.15, 0.2) is 18.2 Å². The molecule has 2 N–H and O–H groups in total. The Morgan fingerprint density at radius 3 is 2.58 bits per heavy atom. The van der Waals surface area contributed by atoms with Gasteiger partial charge in [0.1, 0.15) is 0 Å². The monoisotopic (exact) mass is 392 g/mol. The van der Waals surface area contributed by atoms with E-state index in [9.17, 15) is 14.7 Å². The minimum Gasteiger partial charge on any atom is -0.481 e. The van der Waals surface area contributed by atoms with Crippen molar-refractivity contribution in [2.45, 2.75) is 19.3 Å². The fraction of sp³-hybridized carbons (Fsp3) is 0.500. The molecule has 1 heterocycles. The summed E-state index contributed by atoms with van der Waals surface area (Å²) in [7, 11) is 0. The molecule has 5 nitrogen and oxygen atoms in total. The Bertz CT molecular complexity index is 635. The van der Waals surface area contributed by atoms with Crippen molar-refractivity contribution < 1.29 is 14.7 Å². The highest BCUT2D eigenvalue weighted by atomic mass is 35.5. The summed E-state index contributed by atoms with van der Waals surface area (Å²) in [6, 6.07) is 5.02. The average Bonchev–Trinajstić information content (AvgIpc) is 3.00. The van der Waals surface area contributed by atoms with E-state index < -0.39 is 11.4 Å². The molecule has 1 amide bonds. The molecule has 3 rings (SSSR count). The lowest BCUT2D eigenvalue weighted by molar-refractivity contribution is -0.149. The van der Waals surface area contributed by atoms with Gasteiger partial charge in [-0.15, -0.1) is 12.4 Å². The van der Waals surface area contributed by atoms with Gasteiger partial charge in [0.05, 0.1) is 27.7 Å². The summed E-state index contributed by atoms with van der Waals surface area (Å²) < 4.78 is 0. The van der Waals surface area contributed by atoms with E-state index in [2.05, 4.69) is 5.32 Å². The van der Waals surface area contributed by atoms with Crippen molar-refractivity contribution in [1.82, 2.24) is 4.90 Å². The minimum atomic E-state index is -0.739. The van der Waals surface area contributed by atoms with Crippen molar-refractivity contribution in [3.8, 4) is 0 Å². The number of carboxylic acid groups (broad SMARTS) is 1. The third kappa shape index (κ3) is 3.49. The molecule has 2 fully saturated rings. The van der Waals surface area contributed by atoms with Gasteiger partial charge in [-0.1, -0.05) is 35.7 Å². The van der Waals surface area contributed by atoms with Crippen LogP contribution in [0.3, 0.4) is 0 Å². The maximum absolute atomic E-state index is 12.2. The molecule has 1 saturated carbocycles. The third-order valence-corrected chi connectivity index (χ3v) is 5.59. The van der Waals surface area contributed by atoms with Crippen LogP contribution >= 0.6 is 35.6 Å². The van der Waals surface area contributed by atoms with Crippen molar-refractivity contribution in [3.05, 3.63) is 28.2 Å². The lowest BCUT2D eigenvalue weighted by atomic mass is 9.81. The van der Waals surface area contributed by atoms with Gasteiger partial charge in [-0.2, -0.15) is 0 Å². The van der Waals surface area contributed by atoms with E-state index in [1.54, 1.807) is 18.2 Å². The molecule has 8 heteroatoms. The molecule has 0 bridgehead atoms. The second-order valence-electron chi connectivity index (χ2n) is 6.36. The number of carboxylic acids is 1. The highest BCUT2D eigenvalue weighted by Gasteiger charge is 2.54. The number of fused-ring (bicyclic) bond motifs is 1. The second-order valence-corrected chi connectivity index (χ2v) is 7.18. The van der Waals surface area contributed by atoms with Crippen molar-refractivity contribution in [2.24, 2.45) is 11.3 Å². The van der Waals surface area contributed by atoms with Crippen LogP contribution in [-0.2, 0) is 9.59 Å². The Hall–Kier alpha value is -1.01. The quantitative estimate of drug-likeness (QED) is 0.821. The number of carbonyl (C=O) groups excluding carboxylic acids is 1. The first-order valence-corrected chi connectivity index (χ1v) is 8.37. The van der Waals surface area contributed by atoms with Gasteiger partial charge in [0.15, 0.2) is 0 Å². The van der Waals surface area contributed by atoms with Crippen molar-refractivity contribution in [3.63, 3.8) is 0 Å². The Morgan fingerprint density at radius 2 is 2.00 bits per heavy atom. The van der Waals surface area contributed by atoms with E-state index in [4.69, 9.17) is 23.2 Å². The Balaban J connectivity index is 0.00000208. The third-order valence-electron chi connectivity index (χ3n) is 4.96. The van der Waals surface area contributed by atoms with E-state index >= 15 is 0 Å². The summed E-state index contributed by atoms with van der Waals surface area (Å²) in [5, 5.41) is 13.1. The zero-order chi connectivity index (χ0) is 16.6. The van der Waals surface area contributed by atoms with Crippen LogP contribution in [0.4, 0.5) is 5.69 Å². The number of amides is 1. The second kappa shape index (κ2) is 7.48. The first-order valence-electron chi connectivity index (χ1n) is 7.62. The van der Waals surface area contributed by atoms with E-state index in [0.29, 0.717) is 35.2 Å². The number of nitrogens with zero attached hydrogens (tertiary/aromatic N) is 1. The molecule has 1 aromatic carbocycles. The van der Waals surface area contributed by atoms with E-state index in [-0.39, 0.29) is 30.8 Å². The summed E-state index contributed by atoms with van der Waals surface area (Å²) in [4.78, 5) is 25.8. The van der Waals surface area contributed by atoms with Crippen LogP contribution < -0.4 is 5.32 Å². The van der Waals surface area contributed by atoms with Gasteiger partial charge in [0.25, 0.3) is 0 Å². The predicted octanol–water partition coefficient (Wildman–Crippen LogP) is 3.54. The van der Waals surface area contributed by atoms with Crippen LogP contribution in [-0.4, -0.2) is 41.5 Å². The van der Waals surface area contributed by atoms with E-state index in [0.717, 1.165) is 12.8 Å². The molecule has 24 heavy (non-hydrogen) atoms. The Morgan fingerprint density at radius 1 is 1.33 bits per heavy atom. The standard InChI is InChI=1S/C16H18Cl2N2O3.ClH/c17-11-4-1-5-12(18)14(11)19-13(21)8-20-7-10-3-2-6-16(10,9-20)15(22)23;/h1,4-5,10H,2-3,6-9H2,(H,19,21)(H,22,23);1H/t10-,16+;/m0./s1. The number of likely N-dealkylation sites (tertiary alicyclic amines) is 1. The Kier molecular flexibility index (Phi) is 6.02. The molecule has 1 aromatic rings. The maximum Gasteiger partial charge on any atom is 0.311 e. The number of hydrogen-bond acceptors (Lipinski definition) is 3. The first kappa shape index (κ1) is 19.3. The van der Waals surface area contributed by atoms with Crippen molar-refractivity contribution in [1.29, 1.82) is 0 Å². The summed E-state index contributed by atoms with van der Waals surface area (Å²) >= 11 is 12.1. The van der Waals surface area contributed by atoms with Gasteiger partial charge < -0.3 is 10.4 Å². The van der Waals surface area contributed by atoms with Crippen molar-refractivity contribution >= 4 is 53.2 Å². The SMILES string of the molecule is Cl.O=C(CN1C[C@@H]2CCC[C@@]2(C(=O)O)C1)Nc1c(Cl)cccc1Cl. The number of rotatable bonds is 4. The van der Waals surface area contributed by atoms with E-state index in [1.807, 2.05) is 4.90 Å². The molecule has 0 spiro atoms. The highest BCUT2D eigenvalue weighted by Crippen LogP contribution is 2.48. The van der Waals surface area contributed by atoms with Gasteiger partial charge in [-0.05, 0) is 30.9 Å². The number of carbonyl (C=O) groups is 2. The first-order chi connectivity index (χ1) is 10.9. The minimum absolute atomic E-state index is 0. The molecule has 0 radical (unpaired) electrons. The van der Waals surface area contributed by atoms with Gasteiger partial charge in [-0.3, -0.25) is 14.5 Å². The average molecular weight is 394 g/mol. The number of halogens is 3. The summed E-state index contributed by atoms with van der Waals surface area (Å²) in [6.45, 7) is 1.22. The number of benzene rings is 1. The molecule has 2 atom stereocenters. The van der Waals surface area contributed by atoms with Crippen LogP contribution in [0.25, 0.3) is 0 Å². The van der Waals surface area contributed by atoms with Crippen LogP contribution in [0.2, 0.25) is 10.0 Å². The number of nitrogens with one attached hydrogen (secondary N) is 1. The summed E-state index contributed by atoms with van der Waals surface area (Å²) in [6.07, 6.45) is 2.56. The van der Waals surface area contributed by atoms with Gasteiger partial charge in [0.2, 0.25) is 5.91 Å². The molecular formula is C16H19Cl3N2O3. The topological polar surface area (TPSA) is 69.6 Å². The normalized spacial score (nSPS) is 25.8. The smallest absolute Gasteiger partial charge is 0.311 e. The molecule has 0 aromatic heterocycles.